The van der Waals surface area contributed by atoms with E-state index in [2.05, 4.69) is 5.10 Å². The Morgan fingerprint density at radius 1 is 1.40 bits per heavy atom. The molecule has 2 rings (SSSR count). The van der Waals surface area contributed by atoms with E-state index in [9.17, 15) is 4.79 Å². The number of ether oxygens (including phenoxy) is 1. The minimum absolute atomic E-state index is 0.206. The Labute approximate surface area is 127 Å². The molecule has 0 aliphatic carbocycles. The van der Waals surface area contributed by atoms with Gasteiger partial charge < -0.3 is 4.74 Å². The molecule has 106 valence electrons. The van der Waals surface area contributed by atoms with E-state index in [1.165, 1.54) is 0 Å². The number of hydrogen-bond acceptors (Lipinski definition) is 3. The minimum atomic E-state index is 0.206. The molecule has 0 unspecified atom stereocenters. The normalized spacial score (nSPS) is 10.6. The van der Waals surface area contributed by atoms with Crippen molar-refractivity contribution in [2.75, 3.05) is 0 Å². The summed E-state index contributed by atoms with van der Waals surface area (Å²) in [5.41, 5.74) is 1.93. The number of rotatable bonds is 5. The van der Waals surface area contributed by atoms with Crippen LogP contribution >= 0.6 is 23.2 Å². The van der Waals surface area contributed by atoms with Gasteiger partial charge in [0, 0.05) is 6.54 Å². The highest BCUT2D eigenvalue weighted by atomic mass is 35.5. The number of hydrogen-bond donors (Lipinski definition) is 0. The van der Waals surface area contributed by atoms with E-state index >= 15 is 0 Å². The van der Waals surface area contributed by atoms with E-state index in [0.717, 1.165) is 11.4 Å². The molecule has 0 saturated carbocycles. The van der Waals surface area contributed by atoms with Crippen LogP contribution < -0.4 is 4.74 Å². The molecule has 6 heteroatoms. The maximum absolute atomic E-state index is 11.0. The maximum atomic E-state index is 11.0. The monoisotopic (exact) mass is 312 g/mol. The Hall–Kier alpha value is -1.52. The van der Waals surface area contributed by atoms with Crippen LogP contribution in [0, 0.1) is 6.92 Å². The highest BCUT2D eigenvalue weighted by Crippen LogP contribution is 2.29. The number of aromatic nitrogens is 2. The number of aryl methyl sites for hydroxylation is 2. The summed E-state index contributed by atoms with van der Waals surface area (Å²) in [5, 5.41) is 5.28. The van der Waals surface area contributed by atoms with E-state index in [-0.39, 0.29) is 6.61 Å². The summed E-state index contributed by atoms with van der Waals surface area (Å²) in [7, 11) is 0. The fourth-order valence-corrected chi connectivity index (χ4v) is 2.34. The number of carbonyl (C=O) groups excluding carboxylic acids is 1. The molecule has 0 N–H and O–H groups in total. The Balaban J connectivity index is 2.28. The van der Waals surface area contributed by atoms with Gasteiger partial charge >= 0.3 is 0 Å². The predicted molar refractivity (Wildman–Crippen MR) is 78.8 cm³/mol. The lowest BCUT2D eigenvalue weighted by atomic mass is 10.2. The molecule has 0 radical (unpaired) electrons. The molecular weight excluding hydrogens is 299 g/mol. The zero-order valence-electron chi connectivity index (χ0n) is 11.2. The van der Waals surface area contributed by atoms with Crippen LogP contribution in [0.15, 0.2) is 18.2 Å². The van der Waals surface area contributed by atoms with E-state index in [4.69, 9.17) is 27.9 Å². The number of nitrogens with zero attached hydrogens (tertiary/aromatic N) is 2. The first-order chi connectivity index (χ1) is 9.58. The van der Waals surface area contributed by atoms with Gasteiger partial charge in [0.15, 0.2) is 6.29 Å². The second kappa shape index (κ2) is 6.29. The van der Waals surface area contributed by atoms with E-state index in [0.29, 0.717) is 34.2 Å². The van der Waals surface area contributed by atoms with Crippen LogP contribution in [-0.4, -0.2) is 16.1 Å². The van der Waals surface area contributed by atoms with Crippen molar-refractivity contribution in [2.24, 2.45) is 0 Å². The Morgan fingerprint density at radius 3 is 2.80 bits per heavy atom. The van der Waals surface area contributed by atoms with Gasteiger partial charge in [-0.1, -0.05) is 29.3 Å². The first-order valence-electron chi connectivity index (χ1n) is 6.16. The zero-order chi connectivity index (χ0) is 14.7. The number of carbonyl (C=O) groups is 1. The van der Waals surface area contributed by atoms with Crippen LogP contribution in [0.5, 0.6) is 5.75 Å². The lowest BCUT2D eigenvalue weighted by Crippen LogP contribution is -2.07. The first-order valence-corrected chi connectivity index (χ1v) is 6.92. The molecule has 0 bridgehead atoms. The van der Waals surface area contributed by atoms with Gasteiger partial charge in [-0.2, -0.15) is 5.10 Å². The van der Waals surface area contributed by atoms with E-state index in [1.54, 1.807) is 22.9 Å². The van der Waals surface area contributed by atoms with Crippen LogP contribution in [-0.2, 0) is 13.2 Å². The lowest BCUT2D eigenvalue weighted by Gasteiger charge is -2.11. The van der Waals surface area contributed by atoms with E-state index < -0.39 is 0 Å². The average Bonchev–Trinajstić information content (AvgIpc) is 2.72. The quantitative estimate of drug-likeness (QED) is 0.786. The zero-order valence-corrected chi connectivity index (χ0v) is 12.7. The third-order valence-electron chi connectivity index (χ3n) is 2.93. The smallest absolute Gasteiger partial charge is 0.153 e. The molecule has 0 saturated heterocycles. The van der Waals surface area contributed by atoms with Crippen LogP contribution in [0.2, 0.25) is 10.0 Å². The number of para-hydroxylation sites is 1. The van der Waals surface area contributed by atoms with Crippen molar-refractivity contribution in [3.8, 4) is 5.75 Å². The molecule has 0 aliphatic rings. The average molecular weight is 313 g/mol. The molecule has 1 heterocycles. The van der Waals surface area contributed by atoms with Gasteiger partial charge in [0.25, 0.3) is 0 Å². The van der Waals surface area contributed by atoms with Crippen molar-refractivity contribution in [3.63, 3.8) is 0 Å². The van der Waals surface area contributed by atoms with Crippen molar-refractivity contribution in [1.29, 1.82) is 0 Å². The van der Waals surface area contributed by atoms with E-state index in [1.807, 2.05) is 13.8 Å². The number of halogens is 2. The van der Waals surface area contributed by atoms with Crippen LogP contribution in [0.4, 0.5) is 0 Å². The first kappa shape index (κ1) is 14.9. The van der Waals surface area contributed by atoms with Gasteiger partial charge in [0.05, 0.1) is 27.0 Å². The fourth-order valence-electron chi connectivity index (χ4n) is 1.92. The predicted octanol–water partition coefficient (Wildman–Crippen LogP) is 3.91. The SMILES string of the molecule is CCn1nc(C)c(Cl)c1COc1c(Cl)cccc1C=O. The fraction of sp³-hybridized carbons (Fsp3) is 0.286. The summed E-state index contributed by atoms with van der Waals surface area (Å²) in [5.74, 6) is 0.363. The van der Waals surface area contributed by atoms with Crippen molar-refractivity contribution < 1.29 is 9.53 Å². The summed E-state index contributed by atoms with van der Waals surface area (Å²) in [6, 6.07) is 5.03. The number of aldehydes is 1. The number of benzene rings is 1. The molecule has 0 fully saturated rings. The molecule has 0 amide bonds. The Kier molecular flexibility index (Phi) is 4.68. The Morgan fingerprint density at radius 2 is 2.15 bits per heavy atom. The Bertz CT molecular complexity index is 638. The van der Waals surface area contributed by atoms with Crippen LogP contribution in [0.1, 0.15) is 28.7 Å². The lowest BCUT2D eigenvalue weighted by molar-refractivity contribution is 0.111. The molecule has 0 atom stereocenters. The second-order valence-electron chi connectivity index (χ2n) is 4.23. The van der Waals surface area contributed by atoms with Crippen molar-refractivity contribution >= 4 is 29.5 Å². The molecule has 1 aromatic heterocycles. The van der Waals surface area contributed by atoms with Gasteiger partial charge in [-0.3, -0.25) is 9.48 Å². The summed E-state index contributed by atoms with van der Waals surface area (Å²) in [6.45, 7) is 4.70. The molecular formula is C14H14Cl2N2O2. The molecule has 0 spiro atoms. The van der Waals surface area contributed by atoms with Crippen LogP contribution in [0.3, 0.4) is 0 Å². The molecule has 0 aliphatic heterocycles. The maximum Gasteiger partial charge on any atom is 0.153 e. The standard InChI is InChI=1S/C14H14Cl2N2O2/c1-3-18-12(13(16)9(2)17-18)8-20-14-10(7-19)5-4-6-11(14)15/h4-7H,3,8H2,1-2H3. The van der Waals surface area contributed by atoms with Crippen molar-refractivity contribution in [1.82, 2.24) is 9.78 Å². The van der Waals surface area contributed by atoms with Crippen LogP contribution in [0.25, 0.3) is 0 Å². The van der Waals surface area contributed by atoms with Gasteiger partial charge in [-0.25, -0.2) is 0 Å². The molecule has 2 aromatic rings. The molecule has 4 nitrogen and oxygen atoms in total. The molecule has 20 heavy (non-hydrogen) atoms. The second-order valence-corrected chi connectivity index (χ2v) is 5.01. The largest absolute Gasteiger partial charge is 0.485 e. The van der Waals surface area contributed by atoms with Gasteiger partial charge in [0.2, 0.25) is 0 Å². The van der Waals surface area contributed by atoms with Gasteiger partial charge in [-0.15, -0.1) is 0 Å². The third kappa shape index (κ3) is 2.81. The minimum Gasteiger partial charge on any atom is -0.485 e. The summed E-state index contributed by atoms with van der Waals surface area (Å²) < 4.78 is 7.45. The van der Waals surface area contributed by atoms with Gasteiger partial charge in [0.1, 0.15) is 12.4 Å². The summed E-state index contributed by atoms with van der Waals surface area (Å²) in [6.07, 6.45) is 0.713. The topological polar surface area (TPSA) is 44.1 Å². The summed E-state index contributed by atoms with van der Waals surface area (Å²) >= 11 is 12.3. The third-order valence-corrected chi connectivity index (χ3v) is 3.72. The van der Waals surface area contributed by atoms with Crippen molar-refractivity contribution in [2.45, 2.75) is 27.0 Å². The van der Waals surface area contributed by atoms with Crippen molar-refractivity contribution in [3.05, 3.63) is 45.2 Å². The molecule has 1 aromatic carbocycles. The summed E-state index contributed by atoms with van der Waals surface area (Å²) in [4.78, 5) is 11.0. The highest BCUT2D eigenvalue weighted by Gasteiger charge is 2.15. The van der Waals surface area contributed by atoms with Gasteiger partial charge in [-0.05, 0) is 26.0 Å². The highest BCUT2D eigenvalue weighted by molar-refractivity contribution is 6.32.